The number of carbonyl (C=O) groups is 2. The van der Waals surface area contributed by atoms with Crippen molar-refractivity contribution in [3.8, 4) is 11.5 Å². The van der Waals surface area contributed by atoms with E-state index < -0.39 is 12.0 Å². The van der Waals surface area contributed by atoms with Gasteiger partial charge in [0.15, 0.2) is 0 Å². The van der Waals surface area contributed by atoms with Gasteiger partial charge in [-0.3, -0.25) is 9.59 Å². The Morgan fingerprint density at radius 3 is 2.16 bits per heavy atom. The SMILES string of the molecule is CCCNC(=O)[C@@H](C)NC(=O)C1c2ccccc2Oc2ccccc21. The Kier molecular flexibility index (Phi) is 5.03. The quantitative estimate of drug-likeness (QED) is 0.881. The minimum atomic E-state index is -0.596. The third kappa shape index (κ3) is 3.50. The normalized spacial score (nSPS) is 13.8. The second-order valence-electron chi connectivity index (χ2n) is 6.13. The summed E-state index contributed by atoms with van der Waals surface area (Å²) in [5.74, 6) is 0.461. The van der Waals surface area contributed by atoms with Crippen molar-refractivity contribution in [2.24, 2.45) is 0 Å². The summed E-state index contributed by atoms with van der Waals surface area (Å²) in [4.78, 5) is 25.0. The molecule has 0 fully saturated rings. The lowest BCUT2D eigenvalue weighted by molar-refractivity contribution is -0.128. The van der Waals surface area contributed by atoms with Crippen LogP contribution < -0.4 is 15.4 Å². The molecular weight excluding hydrogens is 316 g/mol. The largest absolute Gasteiger partial charge is 0.457 e. The van der Waals surface area contributed by atoms with Crippen LogP contribution in [-0.2, 0) is 9.59 Å². The minimum Gasteiger partial charge on any atom is -0.457 e. The van der Waals surface area contributed by atoms with Crippen molar-refractivity contribution in [1.29, 1.82) is 0 Å². The molecule has 0 spiro atoms. The molecule has 0 unspecified atom stereocenters. The van der Waals surface area contributed by atoms with Crippen molar-refractivity contribution >= 4 is 11.8 Å². The van der Waals surface area contributed by atoms with Crippen LogP contribution in [0.15, 0.2) is 48.5 Å². The average molecular weight is 338 g/mol. The highest BCUT2D eigenvalue weighted by molar-refractivity contribution is 5.93. The van der Waals surface area contributed by atoms with E-state index >= 15 is 0 Å². The van der Waals surface area contributed by atoms with E-state index in [1.165, 1.54) is 0 Å². The van der Waals surface area contributed by atoms with Gasteiger partial charge in [-0.15, -0.1) is 0 Å². The summed E-state index contributed by atoms with van der Waals surface area (Å²) in [5, 5.41) is 5.63. The first kappa shape index (κ1) is 17.0. The molecule has 1 aliphatic rings. The molecule has 2 amide bonds. The summed E-state index contributed by atoms with van der Waals surface area (Å²) in [6.07, 6.45) is 0.854. The first-order valence-electron chi connectivity index (χ1n) is 8.55. The van der Waals surface area contributed by atoms with Gasteiger partial charge in [-0.25, -0.2) is 0 Å². The predicted molar refractivity (Wildman–Crippen MR) is 95.7 cm³/mol. The molecular formula is C20H22N2O3. The third-order valence-electron chi connectivity index (χ3n) is 4.24. The number of fused-ring (bicyclic) bond motifs is 2. The van der Waals surface area contributed by atoms with Gasteiger partial charge in [0.2, 0.25) is 11.8 Å². The molecule has 1 heterocycles. The summed E-state index contributed by atoms with van der Waals surface area (Å²) in [7, 11) is 0. The lowest BCUT2D eigenvalue weighted by Gasteiger charge is -2.28. The van der Waals surface area contributed by atoms with Crippen LogP contribution >= 0.6 is 0 Å². The highest BCUT2D eigenvalue weighted by Gasteiger charge is 2.33. The Hall–Kier alpha value is -2.82. The number of nitrogens with one attached hydrogen (secondary N) is 2. The van der Waals surface area contributed by atoms with Crippen LogP contribution in [0.3, 0.4) is 0 Å². The molecule has 5 nitrogen and oxygen atoms in total. The average Bonchev–Trinajstić information content (AvgIpc) is 2.63. The van der Waals surface area contributed by atoms with Gasteiger partial charge in [-0.2, -0.15) is 0 Å². The van der Waals surface area contributed by atoms with Crippen LogP contribution in [0.5, 0.6) is 11.5 Å². The van der Waals surface area contributed by atoms with E-state index in [4.69, 9.17) is 4.74 Å². The number of ether oxygens (including phenoxy) is 1. The van der Waals surface area contributed by atoms with Crippen LogP contribution in [0.2, 0.25) is 0 Å². The molecule has 0 aliphatic carbocycles. The van der Waals surface area contributed by atoms with Crippen molar-refractivity contribution in [3.63, 3.8) is 0 Å². The second kappa shape index (κ2) is 7.38. The minimum absolute atomic E-state index is 0.177. The molecule has 2 aromatic rings. The summed E-state index contributed by atoms with van der Waals surface area (Å²) in [5.41, 5.74) is 1.61. The maximum absolute atomic E-state index is 13.0. The molecule has 0 bridgehead atoms. The maximum atomic E-state index is 13.0. The van der Waals surface area contributed by atoms with Gasteiger partial charge >= 0.3 is 0 Å². The molecule has 0 saturated carbocycles. The fourth-order valence-electron chi connectivity index (χ4n) is 2.96. The van der Waals surface area contributed by atoms with Crippen molar-refractivity contribution < 1.29 is 14.3 Å². The topological polar surface area (TPSA) is 67.4 Å². The highest BCUT2D eigenvalue weighted by atomic mass is 16.5. The van der Waals surface area contributed by atoms with Crippen molar-refractivity contribution in [2.45, 2.75) is 32.2 Å². The number of hydrogen-bond donors (Lipinski definition) is 2. The predicted octanol–water partition coefficient (Wildman–Crippen LogP) is 2.96. The molecule has 2 N–H and O–H groups in total. The van der Waals surface area contributed by atoms with Gasteiger partial charge in [-0.1, -0.05) is 43.3 Å². The summed E-state index contributed by atoms with van der Waals surface area (Å²) < 4.78 is 5.90. The molecule has 0 aromatic heterocycles. The zero-order valence-corrected chi connectivity index (χ0v) is 14.4. The van der Waals surface area contributed by atoms with E-state index in [-0.39, 0.29) is 11.8 Å². The first-order valence-corrected chi connectivity index (χ1v) is 8.55. The lowest BCUT2D eigenvalue weighted by Crippen LogP contribution is -2.46. The molecule has 3 rings (SSSR count). The Morgan fingerprint density at radius 1 is 1.04 bits per heavy atom. The van der Waals surface area contributed by atoms with Gasteiger partial charge in [0, 0.05) is 17.7 Å². The first-order chi connectivity index (χ1) is 12.1. The van der Waals surface area contributed by atoms with Gasteiger partial charge in [-0.05, 0) is 25.5 Å². The monoisotopic (exact) mass is 338 g/mol. The summed E-state index contributed by atoms with van der Waals surface area (Å²) in [6.45, 7) is 4.28. The van der Waals surface area contributed by atoms with Gasteiger partial charge < -0.3 is 15.4 Å². The van der Waals surface area contributed by atoms with Gasteiger partial charge in [0.1, 0.15) is 17.5 Å². The maximum Gasteiger partial charge on any atom is 0.242 e. The molecule has 5 heteroatoms. The van der Waals surface area contributed by atoms with Crippen LogP contribution in [-0.4, -0.2) is 24.4 Å². The van der Waals surface area contributed by atoms with E-state index in [9.17, 15) is 9.59 Å². The zero-order chi connectivity index (χ0) is 17.8. The molecule has 0 saturated heterocycles. The van der Waals surface area contributed by atoms with Crippen molar-refractivity contribution in [1.82, 2.24) is 10.6 Å². The van der Waals surface area contributed by atoms with Crippen molar-refractivity contribution in [3.05, 3.63) is 59.7 Å². The molecule has 1 atom stereocenters. The molecule has 1 aliphatic heterocycles. The van der Waals surface area contributed by atoms with E-state index in [1.54, 1.807) is 6.92 Å². The molecule has 130 valence electrons. The van der Waals surface area contributed by atoms with E-state index in [1.807, 2.05) is 55.5 Å². The Morgan fingerprint density at radius 2 is 1.60 bits per heavy atom. The smallest absolute Gasteiger partial charge is 0.242 e. The molecule has 25 heavy (non-hydrogen) atoms. The standard InChI is InChI=1S/C20H22N2O3/c1-3-12-21-19(23)13(2)22-20(24)18-14-8-4-6-10-16(14)25-17-11-7-5-9-15(17)18/h4-11,13,18H,3,12H2,1-2H3,(H,21,23)(H,22,24)/t13-/m1/s1. The fraction of sp³-hybridized carbons (Fsp3) is 0.300. The van der Waals surface area contributed by atoms with Crippen LogP contribution in [0.25, 0.3) is 0 Å². The van der Waals surface area contributed by atoms with E-state index in [0.717, 1.165) is 17.5 Å². The summed E-state index contributed by atoms with van der Waals surface area (Å²) >= 11 is 0. The number of hydrogen-bond acceptors (Lipinski definition) is 3. The number of carbonyl (C=O) groups excluding carboxylic acids is 2. The van der Waals surface area contributed by atoms with E-state index in [0.29, 0.717) is 18.0 Å². The summed E-state index contributed by atoms with van der Waals surface area (Å²) in [6, 6.07) is 14.4. The molecule has 0 radical (unpaired) electrons. The highest BCUT2D eigenvalue weighted by Crippen LogP contribution is 2.43. The van der Waals surface area contributed by atoms with E-state index in [2.05, 4.69) is 10.6 Å². The third-order valence-corrected chi connectivity index (χ3v) is 4.24. The van der Waals surface area contributed by atoms with Crippen LogP contribution in [0, 0.1) is 0 Å². The number of amides is 2. The van der Waals surface area contributed by atoms with Gasteiger partial charge in [0.25, 0.3) is 0 Å². The lowest BCUT2D eigenvalue weighted by atomic mass is 9.87. The fourth-order valence-corrected chi connectivity index (χ4v) is 2.96. The number of benzene rings is 2. The van der Waals surface area contributed by atoms with Crippen molar-refractivity contribution in [2.75, 3.05) is 6.54 Å². The number of rotatable bonds is 5. The Labute approximate surface area is 147 Å². The van der Waals surface area contributed by atoms with Gasteiger partial charge in [0.05, 0.1) is 5.92 Å². The Balaban J connectivity index is 1.86. The zero-order valence-electron chi connectivity index (χ0n) is 14.4. The second-order valence-corrected chi connectivity index (χ2v) is 6.13. The molecule has 2 aromatic carbocycles. The Bertz CT molecular complexity index is 743. The van der Waals surface area contributed by atoms with Crippen LogP contribution in [0.4, 0.5) is 0 Å². The van der Waals surface area contributed by atoms with Crippen LogP contribution in [0.1, 0.15) is 37.3 Å². The number of para-hydroxylation sites is 2.